The third-order valence-electron chi connectivity index (χ3n) is 4.84. The van der Waals surface area contributed by atoms with Crippen molar-refractivity contribution in [2.24, 2.45) is 0 Å². The fourth-order valence-electron chi connectivity index (χ4n) is 3.61. The molecule has 0 amide bonds. The number of hydrogen-bond acceptors (Lipinski definition) is 3. The summed E-state index contributed by atoms with van der Waals surface area (Å²) in [6, 6.07) is 5.58. The number of hydrogen-bond donors (Lipinski definition) is 0. The monoisotopic (exact) mass is 317 g/mol. The van der Waals surface area contributed by atoms with Gasteiger partial charge in [0.05, 0.1) is 11.7 Å². The number of benzene rings is 1. The van der Waals surface area contributed by atoms with E-state index in [-0.39, 0.29) is 11.1 Å². The van der Waals surface area contributed by atoms with Gasteiger partial charge in [-0.2, -0.15) is 0 Å². The van der Waals surface area contributed by atoms with Crippen molar-refractivity contribution in [1.29, 1.82) is 0 Å². The van der Waals surface area contributed by atoms with Crippen LogP contribution in [0.15, 0.2) is 29.3 Å². The molecule has 1 aliphatic rings. The van der Waals surface area contributed by atoms with Gasteiger partial charge in [-0.25, -0.2) is 9.37 Å². The highest BCUT2D eigenvalue weighted by atomic mass is 19.1. The first kappa shape index (κ1) is 16.1. The Labute approximate surface area is 135 Å². The molecule has 1 atom stereocenters. The fraction of sp³-hybridized carbons (Fsp3) is 0.556. The molecule has 23 heavy (non-hydrogen) atoms. The van der Waals surface area contributed by atoms with Gasteiger partial charge < -0.3 is 0 Å². The topological polar surface area (TPSA) is 38.1 Å². The summed E-state index contributed by atoms with van der Waals surface area (Å²) in [5.41, 5.74) is 0.0108. The summed E-state index contributed by atoms with van der Waals surface area (Å²) in [7, 11) is 0. The van der Waals surface area contributed by atoms with Crippen LogP contribution in [0.2, 0.25) is 0 Å². The third-order valence-corrected chi connectivity index (χ3v) is 4.84. The van der Waals surface area contributed by atoms with Crippen molar-refractivity contribution in [2.45, 2.75) is 58.2 Å². The lowest BCUT2D eigenvalue weighted by molar-refractivity contribution is 0.102. The van der Waals surface area contributed by atoms with Crippen molar-refractivity contribution >= 4 is 10.9 Å². The van der Waals surface area contributed by atoms with Crippen molar-refractivity contribution in [3.05, 3.63) is 40.7 Å². The van der Waals surface area contributed by atoms with E-state index in [9.17, 15) is 9.18 Å². The Balaban J connectivity index is 1.79. The number of para-hydroxylation sites is 1. The molecule has 1 aromatic heterocycles. The van der Waals surface area contributed by atoms with Crippen molar-refractivity contribution in [3.8, 4) is 0 Å². The lowest BCUT2D eigenvalue weighted by Crippen LogP contribution is -2.44. The SMILES string of the molecule is CC(C)N1CCCC[C@H]1CCn1cnc2c(F)cccc2c1=O. The molecule has 3 rings (SSSR count). The molecule has 0 saturated carbocycles. The van der Waals surface area contributed by atoms with Gasteiger partial charge in [0.15, 0.2) is 0 Å². The van der Waals surface area contributed by atoms with E-state index in [0.717, 1.165) is 13.0 Å². The van der Waals surface area contributed by atoms with Gasteiger partial charge in [0.1, 0.15) is 11.3 Å². The van der Waals surface area contributed by atoms with Crippen molar-refractivity contribution in [2.75, 3.05) is 6.54 Å². The van der Waals surface area contributed by atoms with Crippen LogP contribution in [0.1, 0.15) is 39.5 Å². The Kier molecular flexibility index (Phi) is 4.76. The normalized spacial score (nSPS) is 19.6. The first-order valence-electron chi connectivity index (χ1n) is 8.47. The lowest BCUT2D eigenvalue weighted by atomic mass is 9.97. The minimum absolute atomic E-state index is 0.151. The van der Waals surface area contributed by atoms with E-state index in [1.807, 2.05) is 0 Å². The van der Waals surface area contributed by atoms with Crippen LogP contribution in [-0.4, -0.2) is 33.1 Å². The highest BCUT2D eigenvalue weighted by Crippen LogP contribution is 2.22. The van der Waals surface area contributed by atoms with Crippen LogP contribution >= 0.6 is 0 Å². The molecule has 0 spiro atoms. The minimum atomic E-state index is -0.440. The van der Waals surface area contributed by atoms with E-state index in [1.54, 1.807) is 16.7 Å². The minimum Gasteiger partial charge on any atom is -0.299 e. The molecular formula is C18H24FN3O. The standard InChI is InChI=1S/C18H24FN3O/c1-13(2)22-10-4-3-6-14(22)9-11-21-12-20-17-15(18(21)23)7-5-8-16(17)19/h5,7-8,12-14H,3-4,6,9-11H2,1-2H3/t14-/m0/s1. The number of nitrogens with zero attached hydrogens (tertiary/aromatic N) is 3. The zero-order valence-corrected chi connectivity index (χ0v) is 13.8. The molecule has 2 heterocycles. The quantitative estimate of drug-likeness (QED) is 0.869. The van der Waals surface area contributed by atoms with Crippen molar-refractivity contribution in [1.82, 2.24) is 14.5 Å². The Morgan fingerprint density at radius 2 is 2.17 bits per heavy atom. The van der Waals surface area contributed by atoms with E-state index >= 15 is 0 Å². The molecule has 124 valence electrons. The van der Waals surface area contributed by atoms with Crippen LogP contribution in [0.25, 0.3) is 10.9 Å². The number of piperidine rings is 1. The van der Waals surface area contributed by atoms with Gasteiger partial charge in [-0.15, -0.1) is 0 Å². The highest BCUT2D eigenvalue weighted by Gasteiger charge is 2.24. The van der Waals surface area contributed by atoms with Crippen LogP contribution < -0.4 is 5.56 Å². The van der Waals surface area contributed by atoms with Gasteiger partial charge in [0.2, 0.25) is 0 Å². The molecule has 1 aliphatic heterocycles. The Hall–Kier alpha value is -1.75. The van der Waals surface area contributed by atoms with Crippen LogP contribution in [0.4, 0.5) is 4.39 Å². The second-order valence-corrected chi connectivity index (χ2v) is 6.65. The van der Waals surface area contributed by atoms with Gasteiger partial charge >= 0.3 is 0 Å². The van der Waals surface area contributed by atoms with Gasteiger partial charge in [0, 0.05) is 18.6 Å². The predicted octanol–water partition coefficient (Wildman–Crippen LogP) is 3.19. The number of halogens is 1. The average Bonchev–Trinajstić information content (AvgIpc) is 2.55. The van der Waals surface area contributed by atoms with Gasteiger partial charge in [-0.3, -0.25) is 14.3 Å². The molecule has 1 aromatic carbocycles. The fourth-order valence-corrected chi connectivity index (χ4v) is 3.61. The molecule has 0 N–H and O–H groups in total. The summed E-state index contributed by atoms with van der Waals surface area (Å²) in [4.78, 5) is 19.2. The van der Waals surface area contributed by atoms with E-state index in [2.05, 4.69) is 23.7 Å². The molecule has 0 unspecified atom stereocenters. The molecule has 4 nitrogen and oxygen atoms in total. The van der Waals surface area contributed by atoms with Crippen molar-refractivity contribution in [3.63, 3.8) is 0 Å². The lowest BCUT2D eigenvalue weighted by Gasteiger charge is -2.38. The molecule has 1 saturated heterocycles. The maximum atomic E-state index is 13.7. The average molecular weight is 317 g/mol. The number of fused-ring (bicyclic) bond motifs is 1. The Bertz CT molecular complexity index is 741. The maximum absolute atomic E-state index is 13.7. The number of aryl methyl sites for hydroxylation is 1. The van der Waals surface area contributed by atoms with E-state index < -0.39 is 5.82 Å². The number of aromatic nitrogens is 2. The molecule has 0 aliphatic carbocycles. The third kappa shape index (κ3) is 3.29. The smallest absolute Gasteiger partial charge is 0.261 e. The molecule has 1 fully saturated rings. The summed E-state index contributed by atoms with van der Waals surface area (Å²) in [6.07, 6.45) is 6.11. The first-order valence-corrected chi connectivity index (χ1v) is 8.47. The predicted molar refractivity (Wildman–Crippen MR) is 90.1 cm³/mol. The van der Waals surface area contributed by atoms with Crippen LogP contribution in [-0.2, 0) is 6.54 Å². The first-order chi connectivity index (χ1) is 11.1. The van der Waals surface area contributed by atoms with Gasteiger partial charge in [-0.05, 0) is 51.8 Å². The molecular weight excluding hydrogens is 293 g/mol. The van der Waals surface area contributed by atoms with E-state index in [0.29, 0.717) is 24.0 Å². The summed E-state index contributed by atoms with van der Waals surface area (Å²) in [5.74, 6) is -0.440. The maximum Gasteiger partial charge on any atom is 0.261 e. The number of rotatable bonds is 4. The van der Waals surface area contributed by atoms with Crippen LogP contribution in [0.3, 0.4) is 0 Å². The Morgan fingerprint density at radius 3 is 2.96 bits per heavy atom. The second kappa shape index (κ2) is 6.79. The van der Waals surface area contributed by atoms with E-state index in [1.165, 1.54) is 31.7 Å². The largest absolute Gasteiger partial charge is 0.299 e. The van der Waals surface area contributed by atoms with Crippen LogP contribution in [0.5, 0.6) is 0 Å². The summed E-state index contributed by atoms with van der Waals surface area (Å²) in [6.45, 7) is 6.22. The second-order valence-electron chi connectivity index (χ2n) is 6.65. The van der Waals surface area contributed by atoms with Gasteiger partial charge in [0.25, 0.3) is 5.56 Å². The molecule has 0 radical (unpaired) electrons. The van der Waals surface area contributed by atoms with Gasteiger partial charge in [-0.1, -0.05) is 12.5 Å². The van der Waals surface area contributed by atoms with Crippen molar-refractivity contribution < 1.29 is 4.39 Å². The Morgan fingerprint density at radius 1 is 1.35 bits per heavy atom. The summed E-state index contributed by atoms with van der Waals surface area (Å²) < 4.78 is 15.3. The summed E-state index contributed by atoms with van der Waals surface area (Å²) >= 11 is 0. The zero-order valence-electron chi connectivity index (χ0n) is 13.8. The van der Waals surface area contributed by atoms with Crippen LogP contribution in [0, 0.1) is 5.82 Å². The van der Waals surface area contributed by atoms with E-state index in [4.69, 9.17) is 0 Å². The number of likely N-dealkylation sites (tertiary alicyclic amines) is 1. The molecule has 5 heteroatoms. The molecule has 0 bridgehead atoms. The summed E-state index contributed by atoms with van der Waals surface area (Å²) in [5, 5.41) is 0.358. The molecule has 2 aromatic rings. The zero-order chi connectivity index (χ0) is 16.4. The highest BCUT2D eigenvalue weighted by molar-refractivity contribution is 5.77.